The van der Waals surface area contributed by atoms with E-state index in [1.165, 1.54) is 12.8 Å². The van der Waals surface area contributed by atoms with Crippen LogP contribution in [-0.4, -0.2) is 24.7 Å². The quantitative estimate of drug-likeness (QED) is 0.605. The second-order valence-electron chi connectivity index (χ2n) is 4.50. The van der Waals surface area contributed by atoms with Crippen molar-refractivity contribution in [2.75, 3.05) is 18.5 Å². The number of unbranched alkanes of at least 4 members (excludes halogenated alkanes) is 2. The zero-order valence-corrected chi connectivity index (χ0v) is 12.2. The molecule has 0 aliphatic carbocycles. The SMILES string of the molecule is CCCCCN(C)c1cc(Cl)ccc1/C=C/C(=O)O. The summed E-state index contributed by atoms with van der Waals surface area (Å²) in [4.78, 5) is 12.7. The molecule has 0 bridgehead atoms. The lowest BCUT2D eigenvalue weighted by molar-refractivity contribution is -0.131. The van der Waals surface area contributed by atoms with Gasteiger partial charge in [-0.2, -0.15) is 0 Å². The van der Waals surface area contributed by atoms with E-state index in [0.29, 0.717) is 5.02 Å². The number of anilines is 1. The third-order valence-corrected chi connectivity index (χ3v) is 3.14. The molecule has 0 fully saturated rings. The van der Waals surface area contributed by atoms with Gasteiger partial charge in [0, 0.05) is 30.4 Å². The van der Waals surface area contributed by atoms with Gasteiger partial charge in [-0.3, -0.25) is 0 Å². The van der Waals surface area contributed by atoms with Crippen LogP contribution < -0.4 is 4.90 Å². The van der Waals surface area contributed by atoms with E-state index < -0.39 is 5.97 Å². The highest BCUT2D eigenvalue weighted by atomic mass is 35.5. The van der Waals surface area contributed by atoms with E-state index in [1.54, 1.807) is 12.1 Å². The fourth-order valence-corrected chi connectivity index (χ4v) is 2.04. The molecule has 0 spiro atoms. The fourth-order valence-electron chi connectivity index (χ4n) is 1.87. The van der Waals surface area contributed by atoms with Gasteiger partial charge in [-0.25, -0.2) is 4.79 Å². The van der Waals surface area contributed by atoms with E-state index in [-0.39, 0.29) is 0 Å². The first-order valence-electron chi connectivity index (χ1n) is 6.46. The Labute approximate surface area is 119 Å². The summed E-state index contributed by atoms with van der Waals surface area (Å²) in [5.74, 6) is -0.950. The summed E-state index contributed by atoms with van der Waals surface area (Å²) in [6.45, 7) is 3.10. The molecule has 104 valence electrons. The predicted molar refractivity (Wildman–Crippen MR) is 80.9 cm³/mol. The van der Waals surface area contributed by atoms with Crippen molar-refractivity contribution in [2.24, 2.45) is 0 Å². The highest BCUT2D eigenvalue weighted by molar-refractivity contribution is 6.31. The maximum absolute atomic E-state index is 10.6. The molecule has 0 saturated carbocycles. The standard InChI is InChI=1S/C15H20ClNO2/c1-3-4-5-10-17(2)14-11-13(16)8-6-12(14)7-9-15(18)19/h6-9,11H,3-5,10H2,1-2H3,(H,18,19)/b9-7+. The van der Waals surface area contributed by atoms with Crippen molar-refractivity contribution >= 4 is 29.3 Å². The Morgan fingerprint density at radius 3 is 2.79 bits per heavy atom. The average molecular weight is 282 g/mol. The first-order valence-corrected chi connectivity index (χ1v) is 6.84. The van der Waals surface area contributed by atoms with Gasteiger partial charge in [0.15, 0.2) is 0 Å². The molecule has 0 unspecified atom stereocenters. The molecule has 3 nitrogen and oxygen atoms in total. The lowest BCUT2D eigenvalue weighted by Gasteiger charge is -2.21. The van der Waals surface area contributed by atoms with Crippen molar-refractivity contribution in [3.05, 3.63) is 34.9 Å². The highest BCUT2D eigenvalue weighted by Gasteiger charge is 2.06. The van der Waals surface area contributed by atoms with Crippen LogP contribution >= 0.6 is 11.6 Å². The summed E-state index contributed by atoms with van der Waals surface area (Å²) < 4.78 is 0. The van der Waals surface area contributed by atoms with Gasteiger partial charge < -0.3 is 10.0 Å². The maximum Gasteiger partial charge on any atom is 0.328 e. The number of carboxylic acid groups (broad SMARTS) is 1. The molecule has 0 radical (unpaired) electrons. The minimum atomic E-state index is -0.950. The summed E-state index contributed by atoms with van der Waals surface area (Å²) in [7, 11) is 2.00. The van der Waals surface area contributed by atoms with Crippen LogP contribution in [0.1, 0.15) is 31.7 Å². The predicted octanol–water partition coefficient (Wildman–Crippen LogP) is 4.06. The van der Waals surface area contributed by atoms with Crippen LogP contribution in [0.2, 0.25) is 5.02 Å². The number of aliphatic carboxylic acids is 1. The summed E-state index contributed by atoms with van der Waals surface area (Å²) in [5.41, 5.74) is 1.83. The zero-order valence-electron chi connectivity index (χ0n) is 11.4. The van der Waals surface area contributed by atoms with Gasteiger partial charge in [0.05, 0.1) is 0 Å². The number of benzene rings is 1. The Kier molecular flexibility index (Phi) is 6.43. The van der Waals surface area contributed by atoms with Crippen molar-refractivity contribution in [1.29, 1.82) is 0 Å². The molecule has 0 aliphatic rings. The fraction of sp³-hybridized carbons (Fsp3) is 0.400. The minimum absolute atomic E-state index is 0.657. The molecular weight excluding hydrogens is 262 g/mol. The third kappa shape index (κ3) is 5.35. The van der Waals surface area contributed by atoms with Crippen LogP contribution in [0, 0.1) is 0 Å². The second-order valence-corrected chi connectivity index (χ2v) is 4.94. The van der Waals surface area contributed by atoms with Crippen molar-refractivity contribution < 1.29 is 9.90 Å². The van der Waals surface area contributed by atoms with E-state index in [4.69, 9.17) is 16.7 Å². The number of rotatable bonds is 7. The number of nitrogens with zero attached hydrogens (tertiary/aromatic N) is 1. The molecule has 19 heavy (non-hydrogen) atoms. The molecular formula is C15H20ClNO2. The van der Waals surface area contributed by atoms with Crippen molar-refractivity contribution in [3.8, 4) is 0 Å². The molecule has 1 rings (SSSR count). The van der Waals surface area contributed by atoms with Gasteiger partial charge in [0.25, 0.3) is 0 Å². The van der Waals surface area contributed by atoms with Gasteiger partial charge in [0.1, 0.15) is 0 Å². The van der Waals surface area contributed by atoms with Crippen LogP contribution in [0.15, 0.2) is 24.3 Å². The molecule has 1 aromatic rings. The normalized spacial score (nSPS) is 10.9. The minimum Gasteiger partial charge on any atom is -0.478 e. The monoisotopic (exact) mass is 281 g/mol. The van der Waals surface area contributed by atoms with E-state index in [0.717, 1.165) is 30.3 Å². The van der Waals surface area contributed by atoms with E-state index >= 15 is 0 Å². The molecule has 0 saturated heterocycles. The zero-order chi connectivity index (χ0) is 14.3. The topological polar surface area (TPSA) is 40.5 Å². The third-order valence-electron chi connectivity index (χ3n) is 2.91. The number of hydrogen-bond donors (Lipinski definition) is 1. The largest absolute Gasteiger partial charge is 0.478 e. The summed E-state index contributed by atoms with van der Waals surface area (Å²) in [5, 5.41) is 9.36. The molecule has 1 aromatic carbocycles. The molecule has 0 amide bonds. The number of carbonyl (C=O) groups is 1. The Hall–Kier alpha value is -1.48. The Morgan fingerprint density at radius 2 is 2.16 bits per heavy atom. The lowest BCUT2D eigenvalue weighted by atomic mass is 10.1. The molecule has 0 heterocycles. The Balaban J connectivity index is 2.89. The van der Waals surface area contributed by atoms with Crippen molar-refractivity contribution in [3.63, 3.8) is 0 Å². The molecule has 4 heteroatoms. The maximum atomic E-state index is 10.6. The highest BCUT2D eigenvalue weighted by Crippen LogP contribution is 2.25. The second kappa shape index (κ2) is 7.85. The summed E-state index contributed by atoms with van der Waals surface area (Å²) in [6.07, 6.45) is 6.22. The number of halogens is 1. The Bertz CT molecular complexity index is 457. The van der Waals surface area contributed by atoms with Crippen LogP contribution in [0.25, 0.3) is 6.08 Å². The first kappa shape index (κ1) is 15.6. The van der Waals surface area contributed by atoms with Crippen LogP contribution in [0.3, 0.4) is 0 Å². The summed E-state index contributed by atoms with van der Waals surface area (Å²) in [6, 6.07) is 5.48. The van der Waals surface area contributed by atoms with Gasteiger partial charge in [-0.15, -0.1) is 0 Å². The van der Waals surface area contributed by atoms with Gasteiger partial charge in [-0.05, 0) is 30.2 Å². The molecule has 0 aromatic heterocycles. The van der Waals surface area contributed by atoms with E-state index in [1.807, 2.05) is 19.2 Å². The van der Waals surface area contributed by atoms with Crippen LogP contribution in [0.5, 0.6) is 0 Å². The number of hydrogen-bond acceptors (Lipinski definition) is 2. The summed E-state index contributed by atoms with van der Waals surface area (Å²) >= 11 is 6.02. The molecule has 0 atom stereocenters. The van der Waals surface area contributed by atoms with Crippen molar-refractivity contribution in [1.82, 2.24) is 0 Å². The van der Waals surface area contributed by atoms with Crippen molar-refractivity contribution in [2.45, 2.75) is 26.2 Å². The lowest BCUT2D eigenvalue weighted by Crippen LogP contribution is -2.19. The van der Waals surface area contributed by atoms with Gasteiger partial charge >= 0.3 is 5.97 Å². The molecule has 1 N–H and O–H groups in total. The van der Waals surface area contributed by atoms with Crippen LogP contribution in [0.4, 0.5) is 5.69 Å². The van der Waals surface area contributed by atoms with E-state index in [9.17, 15) is 4.79 Å². The number of carboxylic acids is 1. The Morgan fingerprint density at radius 1 is 1.42 bits per heavy atom. The first-order chi connectivity index (χ1) is 9.04. The molecule has 0 aliphatic heterocycles. The van der Waals surface area contributed by atoms with Crippen LogP contribution in [-0.2, 0) is 4.79 Å². The average Bonchev–Trinajstić information content (AvgIpc) is 2.37. The van der Waals surface area contributed by atoms with Gasteiger partial charge in [0.2, 0.25) is 0 Å². The smallest absolute Gasteiger partial charge is 0.328 e. The van der Waals surface area contributed by atoms with Gasteiger partial charge in [-0.1, -0.05) is 37.4 Å². The van der Waals surface area contributed by atoms with E-state index in [2.05, 4.69) is 11.8 Å².